The van der Waals surface area contributed by atoms with Crippen molar-refractivity contribution in [2.24, 2.45) is 0 Å². The van der Waals surface area contributed by atoms with Crippen LogP contribution in [0.3, 0.4) is 0 Å². The second kappa shape index (κ2) is 7.29. The van der Waals surface area contributed by atoms with E-state index in [4.69, 9.17) is 5.11 Å². The van der Waals surface area contributed by atoms with E-state index in [1.165, 1.54) is 16.0 Å². The van der Waals surface area contributed by atoms with Crippen LogP contribution in [0.2, 0.25) is 0 Å². The normalized spacial score (nSPS) is 9.83. The first kappa shape index (κ1) is 14.9. The molecule has 2 rings (SSSR count). The number of thiazole rings is 1. The highest BCUT2D eigenvalue weighted by atomic mass is 32.1. The van der Waals surface area contributed by atoms with Gasteiger partial charge in [0.1, 0.15) is 5.01 Å². The molecule has 0 aliphatic rings. The van der Waals surface area contributed by atoms with E-state index in [9.17, 15) is 0 Å². The van der Waals surface area contributed by atoms with Crippen molar-refractivity contribution in [2.75, 3.05) is 6.61 Å². The van der Waals surface area contributed by atoms with E-state index in [1.807, 2.05) is 32.9 Å². The van der Waals surface area contributed by atoms with Crippen LogP contribution >= 0.6 is 11.3 Å². The van der Waals surface area contributed by atoms with Gasteiger partial charge in [-0.15, -0.1) is 11.3 Å². The minimum atomic E-state index is 0.191. The molecule has 1 heterocycles. The highest BCUT2D eigenvalue weighted by molar-refractivity contribution is 7.15. The largest absolute Gasteiger partial charge is 0.396 e. The minimum absolute atomic E-state index is 0.191. The number of hydrogen-bond acceptors (Lipinski definition) is 3. The van der Waals surface area contributed by atoms with E-state index in [0.29, 0.717) is 6.42 Å². The van der Waals surface area contributed by atoms with Gasteiger partial charge >= 0.3 is 0 Å². The van der Waals surface area contributed by atoms with E-state index in [0.717, 1.165) is 10.7 Å². The molecule has 0 aliphatic carbocycles. The Morgan fingerprint density at radius 3 is 2.44 bits per heavy atom. The molecule has 2 aromatic rings. The first-order valence-electron chi connectivity index (χ1n) is 6.35. The van der Waals surface area contributed by atoms with Crippen molar-refractivity contribution in [3.63, 3.8) is 0 Å². The summed E-state index contributed by atoms with van der Waals surface area (Å²) in [6.07, 6.45) is 0.704. The zero-order valence-corrected chi connectivity index (χ0v) is 12.3. The van der Waals surface area contributed by atoms with Crippen LogP contribution in [0.5, 0.6) is 0 Å². The van der Waals surface area contributed by atoms with Crippen molar-refractivity contribution in [1.82, 2.24) is 4.98 Å². The Bertz CT molecular complexity index is 491. The molecule has 18 heavy (non-hydrogen) atoms. The fraction of sp³-hybridized carbons (Fsp3) is 0.400. The molecule has 1 N–H and O–H groups in total. The molecular formula is C15H21NOS. The number of aromatic nitrogens is 1. The Morgan fingerprint density at radius 2 is 1.83 bits per heavy atom. The molecule has 0 amide bonds. The summed E-state index contributed by atoms with van der Waals surface area (Å²) in [5, 5.41) is 10.0. The van der Waals surface area contributed by atoms with Crippen LogP contribution in [0.1, 0.15) is 30.0 Å². The van der Waals surface area contributed by atoms with Crippen molar-refractivity contribution in [3.05, 3.63) is 40.4 Å². The summed E-state index contributed by atoms with van der Waals surface area (Å²) >= 11 is 1.68. The molecule has 98 valence electrons. The lowest BCUT2D eigenvalue weighted by molar-refractivity contribution is 0.300. The Balaban J connectivity index is 0.000000771. The third kappa shape index (κ3) is 3.40. The monoisotopic (exact) mass is 263 g/mol. The number of aliphatic hydroxyl groups excluding tert-OH is 1. The van der Waals surface area contributed by atoms with E-state index in [-0.39, 0.29) is 6.61 Å². The molecule has 0 spiro atoms. The summed E-state index contributed by atoms with van der Waals surface area (Å²) in [5.74, 6) is 0. The summed E-state index contributed by atoms with van der Waals surface area (Å²) in [4.78, 5) is 5.75. The Hall–Kier alpha value is -1.19. The van der Waals surface area contributed by atoms with Crippen LogP contribution in [0, 0.1) is 13.8 Å². The predicted octanol–water partition coefficient (Wildman–Crippen LogP) is 3.99. The molecule has 0 bridgehead atoms. The topological polar surface area (TPSA) is 33.1 Å². The van der Waals surface area contributed by atoms with E-state index in [2.05, 4.69) is 24.0 Å². The number of benzene rings is 1. The third-order valence-electron chi connectivity index (χ3n) is 2.61. The molecule has 0 radical (unpaired) electrons. The first-order valence-corrected chi connectivity index (χ1v) is 7.17. The fourth-order valence-corrected chi connectivity index (χ4v) is 2.83. The van der Waals surface area contributed by atoms with Crippen LogP contribution in [0.4, 0.5) is 0 Å². The number of nitrogens with zero attached hydrogens (tertiary/aromatic N) is 1. The maximum Gasteiger partial charge on any atom is 0.124 e. The molecular weight excluding hydrogens is 242 g/mol. The molecule has 1 aromatic heterocycles. The van der Waals surface area contributed by atoms with Gasteiger partial charge in [-0.2, -0.15) is 0 Å². The number of aliphatic hydroxyl groups is 1. The van der Waals surface area contributed by atoms with Crippen LogP contribution in [-0.4, -0.2) is 16.7 Å². The predicted molar refractivity (Wildman–Crippen MR) is 79.2 cm³/mol. The second-order valence-electron chi connectivity index (χ2n) is 3.82. The summed E-state index contributed by atoms with van der Waals surface area (Å²) in [6.45, 7) is 8.29. The Kier molecular flexibility index (Phi) is 6.02. The molecule has 0 aliphatic heterocycles. The third-order valence-corrected chi connectivity index (χ3v) is 3.86. The molecule has 2 nitrogen and oxygen atoms in total. The van der Waals surface area contributed by atoms with Gasteiger partial charge in [0.15, 0.2) is 0 Å². The fourth-order valence-electron chi connectivity index (χ4n) is 1.69. The average molecular weight is 263 g/mol. The van der Waals surface area contributed by atoms with Crippen LogP contribution in [-0.2, 0) is 6.42 Å². The van der Waals surface area contributed by atoms with Gasteiger partial charge in [-0.1, -0.05) is 38.1 Å². The van der Waals surface area contributed by atoms with Gasteiger partial charge in [-0.3, -0.25) is 0 Å². The molecule has 0 saturated heterocycles. The zero-order valence-electron chi connectivity index (χ0n) is 11.5. The quantitative estimate of drug-likeness (QED) is 0.908. The van der Waals surface area contributed by atoms with Crippen molar-refractivity contribution < 1.29 is 5.11 Å². The van der Waals surface area contributed by atoms with Crippen LogP contribution in [0.15, 0.2) is 24.3 Å². The van der Waals surface area contributed by atoms with Crippen molar-refractivity contribution in [3.8, 4) is 10.6 Å². The molecule has 0 fully saturated rings. The first-order chi connectivity index (χ1) is 8.72. The van der Waals surface area contributed by atoms with E-state index >= 15 is 0 Å². The van der Waals surface area contributed by atoms with Crippen molar-refractivity contribution >= 4 is 11.3 Å². The Labute approximate surface area is 113 Å². The maximum atomic E-state index is 8.96. The van der Waals surface area contributed by atoms with Crippen molar-refractivity contribution in [1.29, 1.82) is 0 Å². The highest BCUT2D eigenvalue weighted by Gasteiger charge is 2.10. The van der Waals surface area contributed by atoms with E-state index in [1.54, 1.807) is 11.3 Å². The maximum absolute atomic E-state index is 8.96. The lowest BCUT2D eigenvalue weighted by Gasteiger charge is -1.99. The SMILES string of the molecule is CC.Cc1ccccc1-c1nc(C)c(CCO)s1. The highest BCUT2D eigenvalue weighted by Crippen LogP contribution is 2.30. The molecule has 3 heteroatoms. The molecule has 1 aromatic carbocycles. The molecule has 0 saturated carbocycles. The Morgan fingerprint density at radius 1 is 1.17 bits per heavy atom. The standard InChI is InChI=1S/C13H15NOS.C2H6/c1-9-5-3-4-6-11(9)13-14-10(2)12(16-13)7-8-15;1-2/h3-6,15H,7-8H2,1-2H3;1-2H3. The van der Waals surface area contributed by atoms with Crippen LogP contribution in [0.25, 0.3) is 10.6 Å². The van der Waals surface area contributed by atoms with Gasteiger partial charge in [0.05, 0.1) is 5.69 Å². The lowest BCUT2D eigenvalue weighted by atomic mass is 10.1. The number of hydrogen-bond donors (Lipinski definition) is 1. The number of aryl methyl sites for hydroxylation is 2. The molecule has 0 unspecified atom stereocenters. The lowest BCUT2D eigenvalue weighted by Crippen LogP contribution is -1.88. The van der Waals surface area contributed by atoms with Crippen molar-refractivity contribution in [2.45, 2.75) is 34.1 Å². The van der Waals surface area contributed by atoms with Gasteiger partial charge in [0.25, 0.3) is 0 Å². The van der Waals surface area contributed by atoms with E-state index < -0.39 is 0 Å². The smallest absolute Gasteiger partial charge is 0.124 e. The number of rotatable bonds is 3. The summed E-state index contributed by atoms with van der Waals surface area (Å²) in [6, 6.07) is 8.26. The summed E-state index contributed by atoms with van der Waals surface area (Å²) in [5.41, 5.74) is 3.48. The van der Waals surface area contributed by atoms with Gasteiger partial charge in [-0.05, 0) is 19.4 Å². The van der Waals surface area contributed by atoms with Crippen LogP contribution < -0.4 is 0 Å². The van der Waals surface area contributed by atoms with Gasteiger partial charge in [0, 0.05) is 23.5 Å². The minimum Gasteiger partial charge on any atom is -0.396 e. The second-order valence-corrected chi connectivity index (χ2v) is 4.90. The summed E-state index contributed by atoms with van der Waals surface area (Å²) in [7, 11) is 0. The van der Waals surface area contributed by atoms with Gasteiger partial charge in [0.2, 0.25) is 0 Å². The zero-order chi connectivity index (χ0) is 13.5. The summed E-state index contributed by atoms with van der Waals surface area (Å²) < 4.78 is 0. The molecule has 0 atom stereocenters. The average Bonchev–Trinajstić information content (AvgIpc) is 2.74. The van der Waals surface area contributed by atoms with Gasteiger partial charge in [-0.25, -0.2) is 4.98 Å². The van der Waals surface area contributed by atoms with Gasteiger partial charge < -0.3 is 5.11 Å².